The molecule has 1 atom stereocenters. The second kappa shape index (κ2) is 12.3. The molecule has 0 aliphatic heterocycles. The van der Waals surface area contributed by atoms with Crippen LogP contribution in [0.2, 0.25) is 0 Å². The van der Waals surface area contributed by atoms with Crippen LogP contribution in [0, 0.1) is 0 Å². The van der Waals surface area contributed by atoms with Crippen molar-refractivity contribution in [2.75, 3.05) is 53.6 Å². The molecule has 1 amide bonds. The molecule has 0 radical (unpaired) electrons. The number of primary amides is 1. The highest BCUT2D eigenvalue weighted by Crippen LogP contribution is 1.98. The molecule has 0 aliphatic carbocycles. The molecule has 114 valence electrons. The van der Waals surface area contributed by atoms with Gasteiger partial charge in [0.2, 0.25) is 5.91 Å². The molecule has 6 nitrogen and oxygen atoms in total. The summed E-state index contributed by atoms with van der Waals surface area (Å²) in [7, 11) is 3.37. The molecule has 0 aromatic rings. The Kier molecular flexibility index (Phi) is 11.9. The summed E-state index contributed by atoms with van der Waals surface area (Å²) >= 11 is 0. The second-order valence-electron chi connectivity index (χ2n) is 4.52. The zero-order valence-electron chi connectivity index (χ0n) is 12.5. The number of carbonyl (C=O) groups excluding carboxylic acids is 1. The summed E-state index contributed by atoms with van der Waals surface area (Å²) in [4.78, 5) is 13.6. The van der Waals surface area contributed by atoms with Crippen molar-refractivity contribution in [3.05, 3.63) is 0 Å². The number of hydrogen-bond acceptors (Lipinski definition) is 5. The number of rotatable bonds is 13. The SMILES string of the molecule is CCCNC(CCN(CCOC)CCOC)C(N)=O. The maximum absolute atomic E-state index is 11.3. The Hall–Kier alpha value is -0.690. The maximum atomic E-state index is 11.3. The highest BCUT2D eigenvalue weighted by molar-refractivity contribution is 5.79. The number of nitrogens with zero attached hydrogens (tertiary/aromatic N) is 1. The molecule has 0 spiro atoms. The number of carbonyl (C=O) groups is 1. The van der Waals surface area contributed by atoms with E-state index in [9.17, 15) is 4.79 Å². The van der Waals surface area contributed by atoms with Crippen molar-refractivity contribution in [3.63, 3.8) is 0 Å². The van der Waals surface area contributed by atoms with E-state index in [1.165, 1.54) is 0 Å². The second-order valence-corrected chi connectivity index (χ2v) is 4.52. The third kappa shape index (κ3) is 9.84. The summed E-state index contributed by atoms with van der Waals surface area (Å²) in [6, 6.07) is -0.257. The third-order valence-electron chi connectivity index (χ3n) is 2.94. The van der Waals surface area contributed by atoms with Crippen LogP contribution in [-0.2, 0) is 14.3 Å². The van der Waals surface area contributed by atoms with Crippen LogP contribution in [0.4, 0.5) is 0 Å². The molecule has 0 aromatic heterocycles. The predicted molar refractivity (Wildman–Crippen MR) is 76.1 cm³/mol. The minimum atomic E-state index is -0.285. The van der Waals surface area contributed by atoms with Crippen LogP contribution in [0.15, 0.2) is 0 Å². The smallest absolute Gasteiger partial charge is 0.234 e. The van der Waals surface area contributed by atoms with E-state index >= 15 is 0 Å². The summed E-state index contributed by atoms with van der Waals surface area (Å²) in [6.07, 6.45) is 1.70. The molecule has 0 saturated heterocycles. The molecule has 0 fully saturated rings. The van der Waals surface area contributed by atoms with Gasteiger partial charge < -0.3 is 20.5 Å². The van der Waals surface area contributed by atoms with Gasteiger partial charge in [0.25, 0.3) is 0 Å². The van der Waals surface area contributed by atoms with Crippen LogP contribution < -0.4 is 11.1 Å². The summed E-state index contributed by atoms with van der Waals surface area (Å²) in [5, 5.41) is 3.17. The van der Waals surface area contributed by atoms with Crippen LogP contribution in [0.1, 0.15) is 19.8 Å². The van der Waals surface area contributed by atoms with Gasteiger partial charge in [-0.2, -0.15) is 0 Å². The molecule has 0 aliphatic rings. The van der Waals surface area contributed by atoms with Crippen LogP contribution in [0.3, 0.4) is 0 Å². The van der Waals surface area contributed by atoms with Gasteiger partial charge in [0, 0.05) is 33.9 Å². The van der Waals surface area contributed by atoms with E-state index in [2.05, 4.69) is 17.1 Å². The Labute approximate surface area is 116 Å². The molecular weight excluding hydrogens is 246 g/mol. The van der Waals surface area contributed by atoms with Gasteiger partial charge in [0.15, 0.2) is 0 Å². The maximum Gasteiger partial charge on any atom is 0.234 e. The Morgan fingerprint density at radius 1 is 1.21 bits per heavy atom. The zero-order valence-corrected chi connectivity index (χ0v) is 12.5. The van der Waals surface area contributed by atoms with Crippen molar-refractivity contribution < 1.29 is 14.3 Å². The van der Waals surface area contributed by atoms with Crippen molar-refractivity contribution in [3.8, 4) is 0 Å². The Bertz CT molecular complexity index is 219. The topological polar surface area (TPSA) is 76.8 Å². The first kappa shape index (κ1) is 18.3. The summed E-state index contributed by atoms with van der Waals surface area (Å²) in [6.45, 7) is 6.69. The Balaban J connectivity index is 4.10. The van der Waals surface area contributed by atoms with Gasteiger partial charge in [0.05, 0.1) is 19.3 Å². The summed E-state index contributed by atoms with van der Waals surface area (Å²) < 4.78 is 10.2. The molecule has 0 bridgehead atoms. The quantitative estimate of drug-likeness (QED) is 0.488. The van der Waals surface area contributed by atoms with E-state index in [0.29, 0.717) is 19.6 Å². The normalized spacial score (nSPS) is 12.8. The average Bonchev–Trinajstić information content (AvgIpc) is 2.40. The Morgan fingerprint density at radius 2 is 1.79 bits per heavy atom. The number of hydrogen-bond donors (Lipinski definition) is 2. The average molecular weight is 275 g/mol. The van der Waals surface area contributed by atoms with E-state index in [4.69, 9.17) is 15.2 Å². The van der Waals surface area contributed by atoms with Gasteiger partial charge in [-0.1, -0.05) is 6.92 Å². The van der Waals surface area contributed by atoms with Crippen molar-refractivity contribution in [2.45, 2.75) is 25.8 Å². The van der Waals surface area contributed by atoms with Gasteiger partial charge in [-0.25, -0.2) is 0 Å². The van der Waals surface area contributed by atoms with Gasteiger partial charge in [0.1, 0.15) is 0 Å². The molecule has 3 N–H and O–H groups in total. The predicted octanol–water partition coefficient (Wildman–Crippen LogP) is -0.175. The number of nitrogens with two attached hydrogens (primary N) is 1. The zero-order chi connectivity index (χ0) is 14.5. The van der Waals surface area contributed by atoms with Crippen LogP contribution in [-0.4, -0.2) is 70.5 Å². The minimum absolute atomic E-state index is 0.257. The fourth-order valence-corrected chi connectivity index (χ4v) is 1.75. The molecule has 0 aromatic carbocycles. The van der Waals surface area contributed by atoms with E-state index < -0.39 is 0 Å². The number of amides is 1. The molecule has 1 unspecified atom stereocenters. The fraction of sp³-hybridized carbons (Fsp3) is 0.923. The largest absolute Gasteiger partial charge is 0.383 e. The monoisotopic (exact) mass is 275 g/mol. The lowest BCUT2D eigenvalue weighted by atomic mass is 10.2. The lowest BCUT2D eigenvalue weighted by molar-refractivity contribution is -0.120. The molecule has 0 saturated carbocycles. The van der Waals surface area contributed by atoms with Gasteiger partial charge in [-0.3, -0.25) is 9.69 Å². The summed E-state index contributed by atoms with van der Waals surface area (Å²) in [5.74, 6) is -0.285. The van der Waals surface area contributed by atoms with Gasteiger partial charge in [-0.15, -0.1) is 0 Å². The first-order valence-corrected chi connectivity index (χ1v) is 6.88. The molecule has 0 heterocycles. The lowest BCUT2D eigenvalue weighted by Gasteiger charge is -2.24. The van der Waals surface area contributed by atoms with Crippen molar-refractivity contribution >= 4 is 5.91 Å². The van der Waals surface area contributed by atoms with E-state index in [-0.39, 0.29) is 11.9 Å². The van der Waals surface area contributed by atoms with Crippen molar-refractivity contribution in [1.82, 2.24) is 10.2 Å². The van der Waals surface area contributed by atoms with E-state index in [1.54, 1.807) is 14.2 Å². The number of nitrogens with one attached hydrogen (secondary N) is 1. The fourth-order valence-electron chi connectivity index (χ4n) is 1.75. The molecule has 6 heteroatoms. The molecule has 0 rings (SSSR count). The first-order valence-electron chi connectivity index (χ1n) is 6.88. The van der Waals surface area contributed by atoms with Gasteiger partial charge in [-0.05, 0) is 19.4 Å². The van der Waals surface area contributed by atoms with Crippen LogP contribution in [0.5, 0.6) is 0 Å². The van der Waals surface area contributed by atoms with Crippen molar-refractivity contribution in [2.24, 2.45) is 5.73 Å². The Morgan fingerprint density at radius 3 is 2.21 bits per heavy atom. The van der Waals surface area contributed by atoms with Crippen molar-refractivity contribution in [1.29, 1.82) is 0 Å². The highest BCUT2D eigenvalue weighted by Gasteiger charge is 2.15. The third-order valence-corrected chi connectivity index (χ3v) is 2.94. The van der Waals surface area contributed by atoms with E-state index in [1.807, 2.05) is 0 Å². The molecule has 19 heavy (non-hydrogen) atoms. The number of ether oxygens (including phenoxy) is 2. The summed E-state index contributed by atoms with van der Waals surface area (Å²) in [5.41, 5.74) is 5.39. The van der Waals surface area contributed by atoms with Gasteiger partial charge >= 0.3 is 0 Å². The number of methoxy groups -OCH3 is 2. The highest BCUT2D eigenvalue weighted by atomic mass is 16.5. The van der Waals surface area contributed by atoms with Crippen LogP contribution in [0.25, 0.3) is 0 Å². The lowest BCUT2D eigenvalue weighted by Crippen LogP contribution is -2.44. The standard InChI is InChI=1S/C13H29N3O3/c1-4-6-15-12(13(14)17)5-7-16(8-10-18-2)9-11-19-3/h12,15H,4-11H2,1-3H3,(H2,14,17). The first-order chi connectivity index (χ1) is 9.15. The van der Waals surface area contributed by atoms with Crippen LogP contribution >= 0.6 is 0 Å². The molecular formula is C13H29N3O3. The minimum Gasteiger partial charge on any atom is -0.383 e. The van der Waals surface area contributed by atoms with E-state index in [0.717, 1.165) is 32.6 Å².